The van der Waals surface area contributed by atoms with Crippen LogP contribution < -0.4 is 14.8 Å². The van der Waals surface area contributed by atoms with E-state index in [2.05, 4.69) is 40.3 Å². The lowest BCUT2D eigenvalue weighted by atomic mass is 9.82. The van der Waals surface area contributed by atoms with Crippen LogP contribution in [0.1, 0.15) is 42.7 Å². The third-order valence-corrected chi connectivity index (χ3v) is 6.45. The first-order valence-electron chi connectivity index (χ1n) is 11.2. The number of hydrogen-bond acceptors (Lipinski definition) is 4. The van der Waals surface area contributed by atoms with E-state index in [4.69, 9.17) is 9.47 Å². The molecular formula is C26H29N3O3. The fourth-order valence-corrected chi connectivity index (χ4v) is 4.86. The highest BCUT2D eigenvalue weighted by atomic mass is 16.5. The summed E-state index contributed by atoms with van der Waals surface area (Å²) in [5, 5.41) is 3.80. The zero-order chi connectivity index (χ0) is 22.3. The molecule has 32 heavy (non-hydrogen) atoms. The Labute approximate surface area is 188 Å². The molecule has 1 saturated heterocycles. The Balaban J connectivity index is 1.34. The molecule has 1 N–H and O–H groups in total. The highest BCUT2D eigenvalue weighted by molar-refractivity contribution is 5.94. The molecule has 0 saturated carbocycles. The maximum atomic E-state index is 13.1. The van der Waals surface area contributed by atoms with Gasteiger partial charge in [-0.2, -0.15) is 0 Å². The van der Waals surface area contributed by atoms with E-state index in [0.29, 0.717) is 18.7 Å². The number of aromatic nitrogens is 1. The number of fused-ring (bicyclic) bond motifs is 4. The van der Waals surface area contributed by atoms with Crippen LogP contribution in [0.15, 0.2) is 60.8 Å². The van der Waals surface area contributed by atoms with Crippen LogP contribution in [0, 0.1) is 0 Å². The van der Waals surface area contributed by atoms with E-state index in [9.17, 15) is 4.79 Å². The number of amides is 1. The minimum atomic E-state index is -0.200. The topological polar surface area (TPSA) is 55.7 Å². The summed E-state index contributed by atoms with van der Waals surface area (Å²) in [6.45, 7) is 5.38. The lowest BCUT2D eigenvalue weighted by Crippen LogP contribution is -2.51. The molecule has 2 aromatic carbocycles. The van der Waals surface area contributed by atoms with Crippen LogP contribution in [0.3, 0.4) is 0 Å². The van der Waals surface area contributed by atoms with Gasteiger partial charge in [-0.15, -0.1) is 0 Å². The second-order valence-electron chi connectivity index (χ2n) is 8.84. The molecule has 0 radical (unpaired) electrons. The zero-order valence-electron chi connectivity index (χ0n) is 18.8. The highest BCUT2D eigenvalue weighted by Gasteiger charge is 2.42. The van der Waals surface area contributed by atoms with Crippen LogP contribution in [-0.4, -0.2) is 41.7 Å². The van der Waals surface area contributed by atoms with Crippen LogP contribution >= 0.6 is 0 Å². The normalized spacial score (nSPS) is 16.3. The van der Waals surface area contributed by atoms with Crippen molar-refractivity contribution in [3.8, 4) is 17.2 Å². The number of nitrogens with one attached hydrogen (secondary N) is 1. The van der Waals surface area contributed by atoms with E-state index < -0.39 is 0 Å². The van der Waals surface area contributed by atoms with E-state index >= 15 is 0 Å². The third-order valence-electron chi connectivity index (χ3n) is 6.45. The fourth-order valence-electron chi connectivity index (χ4n) is 4.86. The lowest BCUT2D eigenvalue weighted by molar-refractivity contribution is 0.0676. The first-order valence-corrected chi connectivity index (χ1v) is 11.2. The second kappa shape index (κ2) is 7.93. The Bertz CT molecular complexity index is 1130. The van der Waals surface area contributed by atoms with E-state index in [1.54, 1.807) is 7.11 Å². The Kier molecular flexibility index (Phi) is 5.08. The Hall–Kier alpha value is -3.41. The van der Waals surface area contributed by atoms with Crippen LogP contribution in [0.5, 0.6) is 11.5 Å². The summed E-state index contributed by atoms with van der Waals surface area (Å²) in [7, 11) is 1.69. The second-order valence-corrected chi connectivity index (χ2v) is 8.84. The van der Waals surface area contributed by atoms with Gasteiger partial charge in [-0.3, -0.25) is 4.79 Å². The van der Waals surface area contributed by atoms with Crippen molar-refractivity contribution >= 4 is 11.6 Å². The largest absolute Gasteiger partial charge is 0.497 e. The van der Waals surface area contributed by atoms with Crippen molar-refractivity contribution in [1.29, 1.82) is 0 Å². The van der Waals surface area contributed by atoms with Crippen molar-refractivity contribution in [2.24, 2.45) is 0 Å². The van der Waals surface area contributed by atoms with Crippen LogP contribution in [-0.2, 0) is 5.54 Å². The number of carbonyl (C=O) groups is 1. The molecule has 0 unspecified atom stereocenters. The summed E-state index contributed by atoms with van der Waals surface area (Å²) in [6.07, 6.45) is 3.91. The van der Waals surface area contributed by atoms with Crippen molar-refractivity contribution in [1.82, 2.24) is 9.47 Å². The molecule has 3 aromatic rings. The third kappa shape index (κ3) is 3.49. The summed E-state index contributed by atoms with van der Waals surface area (Å²) >= 11 is 0. The molecule has 1 fully saturated rings. The van der Waals surface area contributed by atoms with Gasteiger partial charge in [0, 0.05) is 36.6 Å². The average molecular weight is 432 g/mol. The number of ether oxygens (including phenoxy) is 2. The predicted molar refractivity (Wildman–Crippen MR) is 125 cm³/mol. The van der Waals surface area contributed by atoms with Crippen molar-refractivity contribution < 1.29 is 14.3 Å². The Morgan fingerprint density at radius 3 is 2.44 bits per heavy atom. The molecule has 0 bridgehead atoms. The molecule has 5 rings (SSSR count). The minimum absolute atomic E-state index is 0.0733. The maximum Gasteiger partial charge on any atom is 0.253 e. The number of rotatable bonds is 4. The van der Waals surface area contributed by atoms with Crippen molar-refractivity contribution in [2.45, 2.75) is 38.3 Å². The molecule has 1 amide bonds. The molecule has 2 aliphatic heterocycles. The predicted octanol–water partition coefficient (Wildman–Crippen LogP) is 4.83. The summed E-state index contributed by atoms with van der Waals surface area (Å²) < 4.78 is 13.4. The Morgan fingerprint density at radius 2 is 1.75 bits per heavy atom. The van der Waals surface area contributed by atoms with Gasteiger partial charge in [-0.25, -0.2) is 0 Å². The smallest absolute Gasteiger partial charge is 0.253 e. The van der Waals surface area contributed by atoms with Gasteiger partial charge in [0.1, 0.15) is 11.5 Å². The van der Waals surface area contributed by atoms with E-state index in [1.165, 1.54) is 5.69 Å². The van der Waals surface area contributed by atoms with Gasteiger partial charge in [0.05, 0.1) is 30.1 Å². The first kappa shape index (κ1) is 20.5. The standard InChI is InChI=1S/C26H29N3O3/c1-18(2)32-20-8-6-19(7-9-20)25(30)28-15-12-26(13-16-28)24-5-4-14-29(24)23-11-10-21(31-3)17-22(23)27-26/h4-11,14,17-18,27H,12-13,15-16H2,1-3H3. The summed E-state index contributed by atoms with van der Waals surface area (Å²) in [6, 6.07) is 17.9. The number of likely N-dealkylation sites (tertiary alicyclic amines) is 1. The number of piperidine rings is 1. The van der Waals surface area contributed by atoms with Crippen LogP contribution in [0.25, 0.3) is 5.69 Å². The number of carbonyl (C=O) groups excluding carboxylic acids is 1. The number of benzene rings is 2. The van der Waals surface area contributed by atoms with E-state index in [0.717, 1.165) is 35.7 Å². The quantitative estimate of drug-likeness (QED) is 0.643. The van der Waals surface area contributed by atoms with Gasteiger partial charge in [-0.05, 0) is 75.2 Å². The summed E-state index contributed by atoms with van der Waals surface area (Å²) in [5.74, 6) is 1.69. The maximum absolute atomic E-state index is 13.1. The van der Waals surface area contributed by atoms with Gasteiger partial charge < -0.3 is 24.3 Å². The first-order chi connectivity index (χ1) is 15.5. The van der Waals surface area contributed by atoms with Crippen molar-refractivity contribution in [3.63, 3.8) is 0 Å². The number of methoxy groups -OCH3 is 1. The summed E-state index contributed by atoms with van der Waals surface area (Å²) in [4.78, 5) is 15.1. The molecule has 2 aliphatic rings. The molecule has 0 atom stereocenters. The van der Waals surface area contributed by atoms with Crippen molar-refractivity contribution in [2.75, 3.05) is 25.5 Å². The fraction of sp³-hybridized carbons (Fsp3) is 0.346. The molecule has 166 valence electrons. The van der Waals surface area contributed by atoms with E-state index in [-0.39, 0.29) is 17.6 Å². The summed E-state index contributed by atoms with van der Waals surface area (Å²) in [5.41, 5.74) is 3.94. The molecule has 6 nitrogen and oxygen atoms in total. The monoisotopic (exact) mass is 431 g/mol. The molecule has 6 heteroatoms. The molecular weight excluding hydrogens is 402 g/mol. The van der Waals surface area contributed by atoms with Gasteiger partial charge >= 0.3 is 0 Å². The zero-order valence-corrected chi connectivity index (χ0v) is 18.8. The number of anilines is 1. The number of nitrogens with zero attached hydrogens (tertiary/aromatic N) is 2. The highest BCUT2D eigenvalue weighted by Crippen LogP contribution is 2.44. The molecule has 1 spiro atoms. The van der Waals surface area contributed by atoms with Crippen molar-refractivity contribution in [3.05, 3.63) is 72.1 Å². The molecule has 3 heterocycles. The van der Waals surface area contributed by atoms with Gasteiger partial charge in [-0.1, -0.05) is 0 Å². The van der Waals surface area contributed by atoms with Crippen LogP contribution in [0.2, 0.25) is 0 Å². The van der Waals surface area contributed by atoms with Gasteiger partial charge in [0.25, 0.3) is 5.91 Å². The molecule has 1 aromatic heterocycles. The average Bonchev–Trinajstić information content (AvgIpc) is 3.30. The lowest BCUT2D eigenvalue weighted by Gasteiger charge is -2.46. The number of hydrogen-bond donors (Lipinski definition) is 1. The van der Waals surface area contributed by atoms with Gasteiger partial charge in [0.15, 0.2) is 0 Å². The minimum Gasteiger partial charge on any atom is -0.497 e. The van der Waals surface area contributed by atoms with Crippen LogP contribution in [0.4, 0.5) is 5.69 Å². The van der Waals surface area contributed by atoms with Gasteiger partial charge in [0.2, 0.25) is 0 Å². The Morgan fingerprint density at radius 1 is 1.03 bits per heavy atom. The SMILES string of the molecule is COc1ccc2c(c1)NC1(CCN(C(=O)c3ccc(OC(C)C)cc3)CC1)c1cccn1-2. The van der Waals surface area contributed by atoms with E-state index in [1.807, 2.05) is 49.1 Å². The molecule has 0 aliphatic carbocycles.